The van der Waals surface area contributed by atoms with Gasteiger partial charge in [0.05, 0.1) is 12.9 Å². The molecular weight excluding hydrogens is 376 g/mol. The fraction of sp³-hybridized carbons (Fsp3) is 0.583. The van der Waals surface area contributed by atoms with E-state index in [4.69, 9.17) is 4.74 Å². The van der Waals surface area contributed by atoms with Gasteiger partial charge < -0.3 is 19.1 Å². The summed E-state index contributed by atoms with van der Waals surface area (Å²) in [6, 6.07) is 9.14. The zero-order chi connectivity index (χ0) is 20.8. The summed E-state index contributed by atoms with van der Waals surface area (Å²) in [4.78, 5) is 21.8. The van der Waals surface area contributed by atoms with Gasteiger partial charge in [0.25, 0.3) is 5.91 Å². The summed E-state index contributed by atoms with van der Waals surface area (Å²) >= 11 is 0. The summed E-state index contributed by atoms with van der Waals surface area (Å²) in [7, 11) is 1.89. The van der Waals surface area contributed by atoms with Gasteiger partial charge in [-0.25, -0.2) is 4.98 Å². The van der Waals surface area contributed by atoms with Gasteiger partial charge in [-0.05, 0) is 69.3 Å². The Balaban J connectivity index is 1.48. The Morgan fingerprint density at radius 3 is 2.73 bits per heavy atom. The third-order valence-electron chi connectivity index (χ3n) is 6.38. The predicted molar refractivity (Wildman–Crippen MR) is 118 cm³/mol. The van der Waals surface area contributed by atoms with E-state index >= 15 is 0 Å². The molecule has 1 amide bonds. The van der Waals surface area contributed by atoms with Crippen LogP contribution in [0.2, 0.25) is 0 Å². The van der Waals surface area contributed by atoms with E-state index in [2.05, 4.69) is 28.1 Å². The smallest absolute Gasteiger partial charge is 0.274 e. The molecule has 0 N–H and O–H groups in total. The van der Waals surface area contributed by atoms with Crippen LogP contribution in [-0.2, 0) is 13.5 Å². The maximum atomic E-state index is 13.0. The second-order valence-electron chi connectivity index (χ2n) is 8.64. The highest BCUT2D eigenvalue weighted by atomic mass is 16.5. The van der Waals surface area contributed by atoms with Gasteiger partial charge in [0.1, 0.15) is 18.1 Å². The maximum Gasteiger partial charge on any atom is 0.274 e. The number of fused-ring (bicyclic) bond motifs is 3. The highest BCUT2D eigenvalue weighted by Crippen LogP contribution is 2.23. The first-order valence-corrected chi connectivity index (χ1v) is 11.4. The van der Waals surface area contributed by atoms with Crippen LogP contribution in [-0.4, -0.2) is 64.1 Å². The van der Waals surface area contributed by atoms with Crippen molar-refractivity contribution < 1.29 is 9.53 Å². The number of benzene rings is 1. The molecule has 6 heteroatoms. The standard InChI is InChI=1S/C24H34N4O2/c1-26-18-23(25-19-26)24(29)28-14-5-4-13-27-12-3-2-8-21(27)11-10-20-7-6-9-22(17-20)30-16-15-28/h6-7,9,17-19,21H,2-5,8,10-16H2,1H3. The van der Waals surface area contributed by atoms with E-state index in [1.54, 1.807) is 12.5 Å². The van der Waals surface area contributed by atoms with Crippen LogP contribution in [0.1, 0.15) is 54.6 Å². The molecule has 1 unspecified atom stereocenters. The van der Waals surface area contributed by atoms with E-state index < -0.39 is 0 Å². The lowest BCUT2D eigenvalue weighted by Gasteiger charge is -2.36. The first-order chi connectivity index (χ1) is 14.7. The fourth-order valence-corrected chi connectivity index (χ4v) is 4.70. The number of hydrogen-bond donors (Lipinski definition) is 0. The van der Waals surface area contributed by atoms with Crippen molar-refractivity contribution in [3.05, 3.63) is 48.0 Å². The minimum atomic E-state index is -0.00637. The van der Waals surface area contributed by atoms with Gasteiger partial charge in [0.2, 0.25) is 0 Å². The van der Waals surface area contributed by atoms with Gasteiger partial charge >= 0.3 is 0 Å². The number of carbonyl (C=O) groups is 1. The lowest BCUT2D eigenvalue weighted by atomic mass is 9.95. The molecule has 2 aromatic rings. The fourth-order valence-electron chi connectivity index (χ4n) is 4.70. The molecule has 2 aliphatic heterocycles. The molecule has 6 nitrogen and oxygen atoms in total. The van der Waals surface area contributed by atoms with Gasteiger partial charge in [0.15, 0.2) is 0 Å². The van der Waals surface area contributed by atoms with E-state index in [1.807, 2.05) is 22.6 Å². The predicted octanol–water partition coefficient (Wildman–Crippen LogP) is 3.52. The van der Waals surface area contributed by atoms with Crippen LogP contribution >= 0.6 is 0 Å². The van der Waals surface area contributed by atoms with E-state index in [0.717, 1.165) is 38.1 Å². The zero-order valence-corrected chi connectivity index (χ0v) is 18.1. The Bertz CT molecular complexity index is 834. The second kappa shape index (κ2) is 10.1. The van der Waals surface area contributed by atoms with Gasteiger partial charge in [-0.15, -0.1) is 0 Å². The summed E-state index contributed by atoms with van der Waals surface area (Å²) in [6.07, 6.45) is 11.9. The van der Waals surface area contributed by atoms with E-state index in [1.165, 1.54) is 37.8 Å². The van der Waals surface area contributed by atoms with Gasteiger partial charge in [-0.2, -0.15) is 0 Å². The normalized spacial score (nSPS) is 21.8. The highest BCUT2D eigenvalue weighted by Gasteiger charge is 2.23. The Morgan fingerprint density at radius 1 is 1.07 bits per heavy atom. The van der Waals surface area contributed by atoms with Gasteiger partial charge in [-0.1, -0.05) is 18.6 Å². The molecule has 4 rings (SSSR count). The number of imidazole rings is 1. The SMILES string of the molecule is Cn1cnc(C(=O)N2CCCCN3CCCCC3CCc3cccc(c3)OCC2)c1. The van der Waals surface area contributed by atoms with Crippen molar-refractivity contribution >= 4 is 5.91 Å². The zero-order valence-electron chi connectivity index (χ0n) is 18.1. The second-order valence-corrected chi connectivity index (χ2v) is 8.64. The van der Waals surface area contributed by atoms with Crippen LogP contribution < -0.4 is 4.74 Å². The molecule has 0 saturated carbocycles. The van der Waals surface area contributed by atoms with Crippen LogP contribution in [0.5, 0.6) is 5.75 Å². The molecule has 2 aliphatic rings. The summed E-state index contributed by atoms with van der Waals surface area (Å²) in [5.74, 6) is 0.890. The van der Waals surface area contributed by atoms with Crippen LogP contribution in [0.15, 0.2) is 36.8 Å². The van der Waals surface area contributed by atoms with E-state index in [0.29, 0.717) is 24.9 Å². The Kier molecular flexibility index (Phi) is 7.05. The highest BCUT2D eigenvalue weighted by molar-refractivity contribution is 5.92. The van der Waals surface area contributed by atoms with Crippen molar-refractivity contribution in [2.75, 3.05) is 32.8 Å². The van der Waals surface area contributed by atoms with Crippen molar-refractivity contribution in [3.63, 3.8) is 0 Å². The monoisotopic (exact) mass is 410 g/mol. The van der Waals surface area contributed by atoms with Crippen LogP contribution in [0.4, 0.5) is 0 Å². The van der Waals surface area contributed by atoms with Crippen LogP contribution in [0, 0.1) is 0 Å². The molecule has 162 valence electrons. The molecule has 3 heterocycles. The number of amides is 1. The molecule has 1 aromatic heterocycles. The summed E-state index contributed by atoms with van der Waals surface area (Å²) in [6.45, 7) is 4.16. The van der Waals surface area contributed by atoms with Crippen LogP contribution in [0.3, 0.4) is 0 Å². The minimum Gasteiger partial charge on any atom is -0.492 e. The average Bonchev–Trinajstić information content (AvgIpc) is 3.20. The molecule has 1 aromatic carbocycles. The number of aryl methyl sites for hydroxylation is 2. The van der Waals surface area contributed by atoms with Crippen molar-refractivity contribution in [3.8, 4) is 5.75 Å². The third-order valence-corrected chi connectivity index (χ3v) is 6.38. The quantitative estimate of drug-likeness (QED) is 0.722. The van der Waals surface area contributed by atoms with Crippen LogP contribution in [0.25, 0.3) is 0 Å². The summed E-state index contributed by atoms with van der Waals surface area (Å²) < 4.78 is 7.84. The largest absolute Gasteiger partial charge is 0.492 e. The molecular formula is C24H34N4O2. The molecule has 0 radical (unpaired) electrons. The van der Waals surface area contributed by atoms with E-state index in [9.17, 15) is 4.79 Å². The van der Waals surface area contributed by atoms with Crippen molar-refractivity contribution in [2.45, 2.75) is 51.0 Å². The van der Waals surface area contributed by atoms with Crippen molar-refractivity contribution in [1.82, 2.24) is 19.4 Å². The number of piperidine rings is 1. The molecule has 30 heavy (non-hydrogen) atoms. The average molecular weight is 411 g/mol. The third kappa shape index (κ3) is 5.42. The van der Waals surface area contributed by atoms with E-state index in [-0.39, 0.29) is 5.91 Å². The molecule has 0 spiro atoms. The molecule has 1 atom stereocenters. The molecule has 1 fully saturated rings. The minimum absolute atomic E-state index is 0.00637. The lowest BCUT2D eigenvalue weighted by molar-refractivity contribution is 0.0716. The molecule has 1 saturated heterocycles. The first kappa shape index (κ1) is 20.9. The maximum absolute atomic E-state index is 13.0. The lowest BCUT2D eigenvalue weighted by Crippen LogP contribution is -2.41. The number of rotatable bonds is 1. The Morgan fingerprint density at radius 2 is 1.90 bits per heavy atom. The Labute approximate surface area is 179 Å². The topological polar surface area (TPSA) is 50.6 Å². The van der Waals surface area contributed by atoms with Gasteiger partial charge in [0, 0.05) is 25.8 Å². The van der Waals surface area contributed by atoms with Crippen molar-refractivity contribution in [1.29, 1.82) is 0 Å². The number of hydrogen-bond acceptors (Lipinski definition) is 4. The number of aromatic nitrogens is 2. The summed E-state index contributed by atoms with van der Waals surface area (Å²) in [5, 5.41) is 0. The molecule has 0 aliphatic carbocycles. The van der Waals surface area contributed by atoms with Crippen molar-refractivity contribution in [2.24, 2.45) is 7.05 Å². The molecule has 2 bridgehead atoms. The Hall–Kier alpha value is -2.34. The number of ether oxygens (including phenoxy) is 1. The number of nitrogens with zero attached hydrogens (tertiary/aromatic N) is 4. The van der Waals surface area contributed by atoms with Gasteiger partial charge in [-0.3, -0.25) is 4.79 Å². The number of carbonyl (C=O) groups excluding carboxylic acids is 1. The summed E-state index contributed by atoms with van der Waals surface area (Å²) in [5.41, 5.74) is 1.85. The first-order valence-electron chi connectivity index (χ1n) is 11.4.